The molecule has 0 spiro atoms. The fourth-order valence-corrected chi connectivity index (χ4v) is 4.67. The third kappa shape index (κ3) is 3.37. The van der Waals surface area contributed by atoms with Crippen molar-refractivity contribution >= 4 is 18.2 Å². The fourth-order valence-electron chi connectivity index (χ4n) is 1.51. The van der Waals surface area contributed by atoms with Crippen molar-refractivity contribution < 1.29 is 4.52 Å². The maximum Gasteiger partial charge on any atom is 0.420 e. The largest absolute Gasteiger partial charge is 0.420 e. The molecule has 0 aromatic rings. The van der Waals surface area contributed by atoms with Crippen LogP contribution in [0.1, 0.15) is 34.6 Å². The summed E-state index contributed by atoms with van der Waals surface area (Å²) >= 11 is 6.23. The molecule has 0 heterocycles. The molecule has 0 radical (unpaired) electrons. The zero-order valence-electron chi connectivity index (χ0n) is 9.49. The minimum absolute atomic E-state index is 0.215. The van der Waals surface area contributed by atoms with E-state index in [0.29, 0.717) is 6.61 Å². The smallest absolute Gasteiger partial charge is 0.185 e. The topological polar surface area (TPSA) is 36.3 Å². The highest BCUT2D eigenvalue weighted by Crippen LogP contribution is 2.68. The summed E-state index contributed by atoms with van der Waals surface area (Å²) in [7, 11) is 0. The number of rotatable bonds is 5. The van der Waals surface area contributed by atoms with Crippen LogP contribution >= 0.6 is 18.2 Å². The number of hydrogen-bond acceptors (Lipinski definition) is 3. The van der Waals surface area contributed by atoms with Crippen LogP contribution in [0.5, 0.6) is 0 Å². The van der Waals surface area contributed by atoms with Crippen molar-refractivity contribution in [1.82, 2.24) is 4.67 Å². The van der Waals surface area contributed by atoms with Gasteiger partial charge in [-0.2, -0.15) is 4.52 Å². The zero-order chi connectivity index (χ0) is 11.4. The highest BCUT2D eigenvalue weighted by atomic mass is 35.7. The lowest BCUT2D eigenvalue weighted by molar-refractivity contribution is 0.262. The van der Waals surface area contributed by atoms with Crippen molar-refractivity contribution in [3.05, 3.63) is 0 Å². The van der Waals surface area contributed by atoms with E-state index < -0.39 is 6.99 Å². The summed E-state index contributed by atoms with van der Waals surface area (Å²) in [5.41, 5.74) is 0. The summed E-state index contributed by atoms with van der Waals surface area (Å²) in [6, 6.07) is 0.430. The van der Waals surface area contributed by atoms with Crippen molar-refractivity contribution in [3.63, 3.8) is 0 Å². The van der Waals surface area contributed by atoms with Crippen molar-refractivity contribution in [2.45, 2.75) is 46.7 Å². The van der Waals surface area contributed by atoms with E-state index in [9.17, 15) is 0 Å². The third-order valence-corrected chi connectivity index (χ3v) is 5.19. The van der Waals surface area contributed by atoms with E-state index in [1.165, 1.54) is 0 Å². The molecule has 0 aromatic heterocycles. The normalized spacial score (nSPS) is 16.0. The molecule has 0 aliphatic carbocycles. The van der Waals surface area contributed by atoms with Crippen LogP contribution in [-0.4, -0.2) is 23.4 Å². The number of nitriles is 1. The molecule has 82 valence electrons. The van der Waals surface area contributed by atoms with Gasteiger partial charge in [0.25, 0.3) is 0 Å². The van der Waals surface area contributed by atoms with Gasteiger partial charge in [-0.15, -0.1) is 9.93 Å². The van der Waals surface area contributed by atoms with Gasteiger partial charge in [0, 0.05) is 12.1 Å². The quantitative estimate of drug-likeness (QED) is 0.685. The average molecular weight is 238 g/mol. The van der Waals surface area contributed by atoms with Crippen LogP contribution in [0.2, 0.25) is 0 Å². The third-order valence-electron chi connectivity index (χ3n) is 1.78. The lowest BCUT2D eigenvalue weighted by Gasteiger charge is -2.29. The van der Waals surface area contributed by atoms with Crippen LogP contribution in [0.15, 0.2) is 0 Å². The van der Waals surface area contributed by atoms with Crippen molar-refractivity contribution in [3.8, 4) is 5.81 Å². The van der Waals surface area contributed by atoms with E-state index in [2.05, 4.69) is 5.81 Å². The molecule has 5 heteroatoms. The molecule has 14 heavy (non-hydrogen) atoms. The van der Waals surface area contributed by atoms with Crippen LogP contribution in [-0.2, 0) is 4.52 Å². The molecule has 0 aromatic carbocycles. The standard InChI is InChI=1S/C9H19ClN2OP/c1-6-13-14(10,7-11)12(8(2)3)9(4)5/h8-9H,6H2,1-5H3/q+1. The van der Waals surface area contributed by atoms with Gasteiger partial charge in [0.2, 0.25) is 0 Å². The van der Waals surface area contributed by atoms with Crippen molar-refractivity contribution in [2.24, 2.45) is 0 Å². The molecule has 0 aliphatic heterocycles. The maximum absolute atomic E-state index is 9.09. The molecule has 0 fully saturated rings. The molecule has 0 N–H and O–H groups in total. The van der Waals surface area contributed by atoms with Crippen LogP contribution in [0.4, 0.5) is 0 Å². The summed E-state index contributed by atoms with van der Waals surface area (Å²) in [6.07, 6.45) is 0. The van der Waals surface area contributed by atoms with Gasteiger partial charge in [0.05, 0.1) is 6.61 Å². The minimum atomic E-state index is -2.56. The number of nitrogens with zero attached hydrogens (tertiary/aromatic N) is 2. The molecule has 1 unspecified atom stereocenters. The van der Waals surface area contributed by atoms with Crippen LogP contribution < -0.4 is 0 Å². The van der Waals surface area contributed by atoms with E-state index in [-0.39, 0.29) is 12.1 Å². The van der Waals surface area contributed by atoms with Crippen LogP contribution in [0, 0.1) is 11.1 Å². The lowest BCUT2D eigenvalue weighted by Crippen LogP contribution is -2.35. The van der Waals surface area contributed by atoms with Gasteiger partial charge in [0.1, 0.15) is 0 Å². The summed E-state index contributed by atoms with van der Waals surface area (Å²) in [5, 5.41) is 9.09. The van der Waals surface area contributed by atoms with E-state index in [1.807, 2.05) is 39.3 Å². The van der Waals surface area contributed by atoms with Gasteiger partial charge in [0.15, 0.2) is 11.2 Å². The molecule has 0 bridgehead atoms. The maximum atomic E-state index is 9.09. The Labute approximate surface area is 92.2 Å². The highest BCUT2D eigenvalue weighted by Gasteiger charge is 2.50. The summed E-state index contributed by atoms with van der Waals surface area (Å²) in [5.74, 6) is 2.12. The van der Waals surface area contributed by atoms with Crippen molar-refractivity contribution in [2.75, 3.05) is 6.61 Å². The molecule has 0 saturated heterocycles. The number of hydrogen-bond donors (Lipinski definition) is 0. The SMILES string of the molecule is CCO[P+](Cl)(C#N)N(C(C)C)C(C)C. The summed E-state index contributed by atoms with van der Waals surface area (Å²) < 4.78 is 7.36. The summed E-state index contributed by atoms with van der Waals surface area (Å²) in [4.78, 5) is 0. The van der Waals surface area contributed by atoms with Crippen LogP contribution in [0.25, 0.3) is 0 Å². The second kappa shape index (κ2) is 5.88. The van der Waals surface area contributed by atoms with Crippen molar-refractivity contribution in [1.29, 1.82) is 5.26 Å². The molecule has 0 amide bonds. The molecular formula is C9H19ClN2OP+. The monoisotopic (exact) mass is 237 g/mol. The van der Waals surface area contributed by atoms with Crippen LogP contribution in [0.3, 0.4) is 0 Å². The van der Waals surface area contributed by atoms with E-state index in [4.69, 9.17) is 21.0 Å². The Bertz CT molecular complexity index is 209. The van der Waals surface area contributed by atoms with E-state index >= 15 is 0 Å². The predicted molar refractivity (Wildman–Crippen MR) is 62.1 cm³/mol. The van der Waals surface area contributed by atoms with E-state index in [0.717, 1.165) is 0 Å². The first-order valence-electron chi connectivity index (χ1n) is 4.82. The minimum Gasteiger partial charge on any atom is -0.185 e. The predicted octanol–water partition coefficient (Wildman–Crippen LogP) is 3.62. The second-order valence-corrected chi connectivity index (χ2v) is 6.89. The summed E-state index contributed by atoms with van der Waals surface area (Å²) in [6.45, 7) is 7.85. The fraction of sp³-hybridized carbons (Fsp3) is 0.889. The zero-order valence-corrected chi connectivity index (χ0v) is 11.1. The Hall–Kier alpha value is 0.130. The van der Waals surface area contributed by atoms with Gasteiger partial charge in [-0.1, -0.05) is 0 Å². The first-order valence-corrected chi connectivity index (χ1v) is 7.39. The molecule has 1 atom stereocenters. The molecular weight excluding hydrogens is 219 g/mol. The Balaban J connectivity index is 4.86. The van der Waals surface area contributed by atoms with Gasteiger partial charge in [-0.05, 0) is 34.6 Å². The molecule has 0 rings (SSSR count). The van der Waals surface area contributed by atoms with Gasteiger partial charge in [-0.3, -0.25) is 0 Å². The first kappa shape index (κ1) is 14.1. The van der Waals surface area contributed by atoms with Gasteiger partial charge >= 0.3 is 12.8 Å². The molecule has 3 nitrogen and oxygen atoms in total. The Morgan fingerprint density at radius 3 is 2.00 bits per heavy atom. The average Bonchev–Trinajstić information content (AvgIpc) is 2.03. The first-order chi connectivity index (χ1) is 6.39. The van der Waals surface area contributed by atoms with Gasteiger partial charge in [-0.25, -0.2) is 0 Å². The van der Waals surface area contributed by atoms with Gasteiger partial charge < -0.3 is 0 Å². The number of halogens is 1. The van der Waals surface area contributed by atoms with E-state index in [1.54, 1.807) is 0 Å². The molecule has 0 aliphatic rings. The highest BCUT2D eigenvalue weighted by molar-refractivity contribution is 7.97. The Morgan fingerprint density at radius 1 is 1.36 bits per heavy atom. The Morgan fingerprint density at radius 2 is 1.79 bits per heavy atom. The Kier molecular flexibility index (Phi) is 5.93. The second-order valence-electron chi connectivity index (χ2n) is 3.59. The molecule has 0 saturated carbocycles. The lowest BCUT2D eigenvalue weighted by atomic mass is 10.3.